The van der Waals surface area contributed by atoms with E-state index in [1.54, 1.807) is 29.6 Å². The zero-order chi connectivity index (χ0) is 19.8. The van der Waals surface area contributed by atoms with E-state index in [-0.39, 0.29) is 24.8 Å². The third-order valence-corrected chi connectivity index (χ3v) is 5.69. The Morgan fingerprint density at radius 3 is 2.86 bits per heavy atom. The lowest BCUT2D eigenvalue weighted by atomic mass is 10.0. The van der Waals surface area contributed by atoms with Gasteiger partial charge in [-0.2, -0.15) is 5.26 Å². The maximum absolute atomic E-state index is 12.8. The number of fused-ring (bicyclic) bond motifs is 1. The van der Waals surface area contributed by atoms with Crippen LogP contribution in [0.2, 0.25) is 0 Å². The van der Waals surface area contributed by atoms with Crippen molar-refractivity contribution < 1.29 is 19.2 Å². The van der Waals surface area contributed by atoms with Crippen molar-refractivity contribution in [2.75, 3.05) is 5.32 Å². The minimum atomic E-state index is -0.681. The van der Waals surface area contributed by atoms with Crippen LogP contribution in [-0.2, 0) is 16.1 Å². The van der Waals surface area contributed by atoms with Crippen molar-refractivity contribution >= 4 is 40.7 Å². The monoisotopic (exact) mass is 394 g/mol. The molecule has 1 aromatic heterocycles. The molecule has 0 bridgehead atoms. The molecule has 0 aliphatic carbocycles. The number of imide groups is 1. The Morgan fingerprint density at radius 1 is 1.29 bits per heavy atom. The van der Waals surface area contributed by atoms with Crippen LogP contribution in [0.15, 0.2) is 29.6 Å². The van der Waals surface area contributed by atoms with Crippen LogP contribution in [0.4, 0.5) is 5.69 Å². The van der Waals surface area contributed by atoms with E-state index in [0.29, 0.717) is 28.1 Å². The Kier molecular flexibility index (Phi) is 4.41. The molecule has 0 radical (unpaired) electrons. The highest BCUT2D eigenvalue weighted by molar-refractivity contribution is 7.12. The normalized spacial score (nSPS) is 18.5. The van der Waals surface area contributed by atoms with E-state index in [9.17, 15) is 19.2 Å². The van der Waals surface area contributed by atoms with Crippen LogP contribution in [0.1, 0.15) is 44.0 Å². The van der Waals surface area contributed by atoms with Crippen molar-refractivity contribution in [2.45, 2.75) is 25.4 Å². The van der Waals surface area contributed by atoms with E-state index in [0.717, 1.165) is 5.56 Å². The standard InChI is InChI=1S/C19H14N4O4S/c20-8-10-5-6-28-16(10)18(26)21-12-2-1-11-9-23(19(27)13(11)7-12)14-3-4-15(24)22-17(14)25/h1-2,5-7,14H,3-4,9H2,(H,21,26)(H,22,24,25). The zero-order valence-electron chi connectivity index (χ0n) is 14.5. The van der Waals surface area contributed by atoms with Gasteiger partial charge in [0.05, 0.1) is 5.56 Å². The number of thiophene rings is 1. The lowest BCUT2D eigenvalue weighted by Crippen LogP contribution is -2.52. The molecule has 4 amide bonds. The highest BCUT2D eigenvalue weighted by Crippen LogP contribution is 2.30. The molecule has 2 aromatic rings. The van der Waals surface area contributed by atoms with E-state index in [2.05, 4.69) is 10.6 Å². The first-order chi connectivity index (χ1) is 13.5. The Bertz CT molecular complexity index is 1070. The number of benzene rings is 1. The second-order valence-electron chi connectivity index (χ2n) is 6.50. The van der Waals surface area contributed by atoms with E-state index in [1.807, 2.05) is 6.07 Å². The van der Waals surface area contributed by atoms with E-state index < -0.39 is 17.9 Å². The van der Waals surface area contributed by atoms with Crippen LogP contribution in [0.3, 0.4) is 0 Å². The zero-order valence-corrected chi connectivity index (χ0v) is 15.3. The number of hydrogen-bond acceptors (Lipinski definition) is 6. The molecule has 9 heteroatoms. The molecule has 1 saturated heterocycles. The summed E-state index contributed by atoms with van der Waals surface area (Å²) in [5, 5.41) is 15.7. The van der Waals surface area contributed by atoms with Crippen LogP contribution in [0.5, 0.6) is 0 Å². The minimum absolute atomic E-state index is 0.194. The van der Waals surface area contributed by atoms with Crippen LogP contribution in [0.25, 0.3) is 0 Å². The SMILES string of the molecule is N#Cc1ccsc1C(=O)Nc1ccc2c(c1)C(=O)N(C1CCC(=O)NC1=O)C2. The number of carbonyl (C=O) groups is 4. The fraction of sp³-hybridized carbons (Fsp3) is 0.211. The molecule has 1 aromatic carbocycles. The first-order valence-electron chi connectivity index (χ1n) is 8.54. The van der Waals surface area contributed by atoms with E-state index in [4.69, 9.17) is 5.26 Å². The lowest BCUT2D eigenvalue weighted by Gasteiger charge is -2.29. The summed E-state index contributed by atoms with van der Waals surface area (Å²) in [6, 6.07) is 7.84. The summed E-state index contributed by atoms with van der Waals surface area (Å²) < 4.78 is 0. The molecule has 0 spiro atoms. The highest BCUT2D eigenvalue weighted by atomic mass is 32.1. The van der Waals surface area contributed by atoms with Gasteiger partial charge in [0.2, 0.25) is 11.8 Å². The van der Waals surface area contributed by atoms with Crippen molar-refractivity contribution in [1.29, 1.82) is 5.26 Å². The first-order valence-corrected chi connectivity index (χ1v) is 9.42. The molecule has 3 heterocycles. The molecule has 1 unspecified atom stereocenters. The second kappa shape index (κ2) is 6.90. The molecule has 28 heavy (non-hydrogen) atoms. The number of piperidine rings is 1. The highest BCUT2D eigenvalue weighted by Gasteiger charge is 2.39. The predicted molar refractivity (Wildman–Crippen MR) is 99.5 cm³/mol. The Morgan fingerprint density at radius 2 is 2.11 bits per heavy atom. The van der Waals surface area contributed by atoms with Gasteiger partial charge in [0, 0.05) is 24.2 Å². The van der Waals surface area contributed by atoms with Gasteiger partial charge in [-0.3, -0.25) is 24.5 Å². The molecule has 4 rings (SSSR count). The molecule has 2 N–H and O–H groups in total. The number of rotatable bonds is 3. The number of anilines is 1. The molecule has 2 aliphatic rings. The van der Waals surface area contributed by atoms with Gasteiger partial charge in [-0.1, -0.05) is 6.07 Å². The lowest BCUT2D eigenvalue weighted by molar-refractivity contribution is -0.136. The summed E-state index contributed by atoms with van der Waals surface area (Å²) in [6.07, 6.45) is 0.489. The molecule has 0 saturated carbocycles. The second-order valence-corrected chi connectivity index (χ2v) is 7.42. The maximum Gasteiger partial charge on any atom is 0.267 e. The number of amides is 4. The molecular formula is C19H14N4O4S. The number of hydrogen-bond donors (Lipinski definition) is 2. The van der Waals surface area contributed by atoms with Crippen LogP contribution >= 0.6 is 11.3 Å². The molecule has 1 fully saturated rings. The molecule has 2 aliphatic heterocycles. The summed E-state index contributed by atoms with van der Waals surface area (Å²) in [5.74, 6) is -1.53. The van der Waals surface area contributed by atoms with Gasteiger partial charge < -0.3 is 10.2 Å². The number of nitriles is 1. The number of carbonyl (C=O) groups excluding carboxylic acids is 4. The molecular weight excluding hydrogens is 380 g/mol. The van der Waals surface area contributed by atoms with Gasteiger partial charge in [0.15, 0.2) is 0 Å². The van der Waals surface area contributed by atoms with Crippen molar-refractivity contribution in [3.8, 4) is 6.07 Å². The number of nitrogens with zero attached hydrogens (tertiary/aromatic N) is 2. The van der Waals surface area contributed by atoms with Crippen molar-refractivity contribution in [3.63, 3.8) is 0 Å². The topological polar surface area (TPSA) is 119 Å². The fourth-order valence-corrected chi connectivity index (χ4v) is 4.13. The summed E-state index contributed by atoms with van der Waals surface area (Å²) >= 11 is 1.17. The van der Waals surface area contributed by atoms with Crippen molar-refractivity contribution in [2.24, 2.45) is 0 Å². The predicted octanol–water partition coefficient (Wildman–Crippen LogP) is 1.63. The number of nitrogens with one attached hydrogen (secondary N) is 2. The van der Waals surface area contributed by atoms with Crippen LogP contribution in [-0.4, -0.2) is 34.6 Å². The smallest absolute Gasteiger partial charge is 0.267 e. The third kappa shape index (κ3) is 3.04. The summed E-state index contributed by atoms with van der Waals surface area (Å²) in [4.78, 5) is 50.4. The third-order valence-electron chi connectivity index (χ3n) is 4.78. The van der Waals surface area contributed by atoms with E-state index >= 15 is 0 Å². The Labute approximate surface area is 163 Å². The molecule has 1 atom stereocenters. The van der Waals surface area contributed by atoms with Gasteiger partial charge in [0.1, 0.15) is 17.0 Å². The van der Waals surface area contributed by atoms with Gasteiger partial charge >= 0.3 is 0 Å². The minimum Gasteiger partial charge on any atom is -0.322 e. The summed E-state index contributed by atoms with van der Waals surface area (Å²) in [7, 11) is 0. The van der Waals surface area contributed by atoms with Crippen molar-refractivity contribution in [1.82, 2.24) is 10.2 Å². The summed E-state index contributed by atoms with van der Waals surface area (Å²) in [6.45, 7) is 0.276. The van der Waals surface area contributed by atoms with Gasteiger partial charge in [-0.25, -0.2) is 0 Å². The Hall–Kier alpha value is -3.51. The van der Waals surface area contributed by atoms with Crippen LogP contribution < -0.4 is 10.6 Å². The first kappa shape index (κ1) is 17.9. The maximum atomic E-state index is 12.8. The largest absolute Gasteiger partial charge is 0.322 e. The van der Waals surface area contributed by atoms with Gasteiger partial charge in [-0.05, 0) is 35.6 Å². The quantitative estimate of drug-likeness (QED) is 0.767. The van der Waals surface area contributed by atoms with Gasteiger partial charge in [0.25, 0.3) is 11.8 Å². The average Bonchev–Trinajstić information content (AvgIpc) is 3.27. The van der Waals surface area contributed by atoms with Gasteiger partial charge in [-0.15, -0.1) is 11.3 Å². The Balaban J connectivity index is 1.53. The summed E-state index contributed by atoms with van der Waals surface area (Å²) in [5.41, 5.74) is 1.89. The fourth-order valence-electron chi connectivity index (χ4n) is 3.39. The van der Waals surface area contributed by atoms with Crippen LogP contribution in [0, 0.1) is 11.3 Å². The average molecular weight is 394 g/mol. The molecule has 140 valence electrons. The molecule has 8 nitrogen and oxygen atoms in total. The van der Waals surface area contributed by atoms with Crippen molar-refractivity contribution in [3.05, 3.63) is 51.2 Å². The van der Waals surface area contributed by atoms with E-state index in [1.165, 1.54) is 16.2 Å².